The lowest BCUT2D eigenvalue weighted by Gasteiger charge is -2.19. The van der Waals surface area contributed by atoms with Crippen LogP contribution in [0.4, 0.5) is 0 Å². The van der Waals surface area contributed by atoms with E-state index >= 15 is 0 Å². The molecule has 0 saturated heterocycles. The normalized spacial score (nSPS) is 11.5. The van der Waals surface area contributed by atoms with Gasteiger partial charge in [0.2, 0.25) is 0 Å². The number of benzene rings is 8. The minimum Gasteiger partial charge on any atom is -0.0622 e. The van der Waals surface area contributed by atoms with Crippen LogP contribution in [0.3, 0.4) is 0 Å². The third-order valence-electron chi connectivity index (χ3n) is 8.21. The maximum absolute atomic E-state index is 2.40. The molecule has 0 aliphatic carbocycles. The molecule has 0 unspecified atom stereocenters. The highest BCUT2D eigenvalue weighted by atomic mass is 14.2. The van der Waals surface area contributed by atoms with Crippen molar-refractivity contribution >= 4 is 43.1 Å². The number of hydrogen-bond acceptors (Lipinski definition) is 0. The molecule has 0 bridgehead atoms. The quantitative estimate of drug-likeness (QED) is 0.209. The van der Waals surface area contributed by atoms with Gasteiger partial charge in [0.15, 0.2) is 0 Å². The molecule has 8 aromatic rings. The average molecular weight is 507 g/mol. The number of rotatable bonds is 3. The van der Waals surface area contributed by atoms with Gasteiger partial charge in [0, 0.05) is 0 Å². The molecular formula is C40H26. The molecule has 0 nitrogen and oxygen atoms in total. The van der Waals surface area contributed by atoms with E-state index in [1.54, 1.807) is 0 Å². The van der Waals surface area contributed by atoms with Gasteiger partial charge in [-0.05, 0) is 94.7 Å². The summed E-state index contributed by atoms with van der Waals surface area (Å²) in [4.78, 5) is 0. The standard InChI is InChI=1S/C40H26/c1-2-10-27(11-3-1)32-22-23-37-38(26-32)40(34-21-19-29-13-5-7-15-31(29)25-34)36-17-9-8-16-35(36)39(37)33-20-18-28-12-4-6-14-30(28)24-33/h1-26H. The number of hydrogen-bond donors (Lipinski definition) is 0. The Bertz CT molecular complexity index is 2200. The lowest BCUT2D eigenvalue weighted by Crippen LogP contribution is -1.92. The predicted molar refractivity (Wildman–Crippen MR) is 173 cm³/mol. The van der Waals surface area contributed by atoms with E-state index < -0.39 is 0 Å². The molecule has 0 spiro atoms. The van der Waals surface area contributed by atoms with Crippen molar-refractivity contribution in [2.75, 3.05) is 0 Å². The fourth-order valence-electron chi connectivity index (χ4n) is 6.30. The second kappa shape index (κ2) is 9.22. The zero-order valence-corrected chi connectivity index (χ0v) is 22.0. The molecule has 0 atom stereocenters. The smallest absolute Gasteiger partial charge is 0.00259 e. The van der Waals surface area contributed by atoms with Crippen molar-refractivity contribution in [3.63, 3.8) is 0 Å². The third kappa shape index (κ3) is 3.69. The van der Waals surface area contributed by atoms with Crippen LogP contribution in [-0.2, 0) is 0 Å². The molecular weight excluding hydrogens is 480 g/mol. The van der Waals surface area contributed by atoms with E-state index in [9.17, 15) is 0 Å². The van der Waals surface area contributed by atoms with Crippen LogP contribution in [-0.4, -0.2) is 0 Å². The van der Waals surface area contributed by atoms with Crippen LogP contribution >= 0.6 is 0 Å². The SMILES string of the molecule is c1ccc(-c2ccc3c(-c4ccc5ccccc5c4)c4ccccc4c(-c4ccc5ccccc5c4)c3c2)cc1. The van der Waals surface area contributed by atoms with E-state index in [4.69, 9.17) is 0 Å². The molecule has 0 heterocycles. The Morgan fingerprint density at radius 2 is 0.675 bits per heavy atom. The highest BCUT2D eigenvalue weighted by Gasteiger charge is 2.18. The molecule has 0 amide bonds. The second-order valence-corrected chi connectivity index (χ2v) is 10.5. The molecule has 40 heavy (non-hydrogen) atoms. The van der Waals surface area contributed by atoms with Gasteiger partial charge in [-0.1, -0.05) is 140 Å². The molecule has 0 N–H and O–H groups in total. The summed E-state index contributed by atoms with van der Waals surface area (Å²) in [5, 5.41) is 10.2. The number of fused-ring (bicyclic) bond motifs is 4. The van der Waals surface area contributed by atoms with Gasteiger partial charge in [0.05, 0.1) is 0 Å². The summed E-state index contributed by atoms with van der Waals surface area (Å²) >= 11 is 0. The van der Waals surface area contributed by atoms with Crippen LogP contribution in [0.1, 0.15) is 0 Å². The summed E-state index contributed by atoms with van der Waals surface area (Å²) in [6.07, 6.45) is 0. The molecule has 0 radical (unpaired) electrons. The monoisotopic (exact) mass is 506 g/mol. The van der Waals surface area contributed by atoms with Crippen LogP contribution in [0.5, 0.6) is 0 Å². The Morgan fingerprint density at radius 1 is 0.225 bits per heavy atom. The summed E-state index contributed by atoms with van der Waals surface area (Å²) < 4.78 is 0. The molecule has 0 aliphatic heterocycles. The third-order valence-corrected chi connectivity index (χ3v) is 8.21. The van der Waals surface area contributed by atoms with E-state index in [0.717, 1.165) is 0 Å². The fourth-order valence-corrected chi connectivity index (χ4v) is 6.30. The first-order chi connectivity index (χ1) is 19.8. The molecule has 0 heteroatoms. The Balaban J connectivity index is 1.51. The molecule has 0 saturated carbocycles. The second-order valence-electron chi connectivity index (χ2n) is 10.5. The van der Waals surface area contributed by atoms with Crippen molar-refractivity contribution in [2.24, 2.45) is 0 Å². The van der Waals surface area contributed by atoms with Gasteiger partial charge in [-0.3, -0.25) is 0 Å². The molecule has 8 rings (SSSR count). The summed E-state index contributed by atoms with van der Waals surface area (Å²) in [7, 11) is 0. The van der Waals surface area contributed by atoms with Gasteiger partial charge in [-0.2, -0.15) is 0 Å². The van der Waals surface area contributed by atoms with Crippen LogP contribution in [0.25, 0.3) is 76.5 Å². The van der Waals surface area contributed by atoms with Crippen LogP contribution < -0.4 is 0 Å². The first-order valence-electron chi connectivity index (χ1n) is 13.9. The van der Waals surface area contributed by atoms with Gasteiger partial charge in [0.25, 0.3) is 0 Å². The van der Waals surface area contributed by atoms with Crippen molar-refractivity contribution in [2.45, 2.75) is 0 Å². The maximum atomic E-state index is 2.40. The first kappa shape index (κ1) is 22.8. The summed E-state index contributed by atoms with van der Waals surface area (Å²) in [5.41, 5.74) is 7.54. The van der Waals surface area contributed by atoms with Crippen LogP contribution in [0.2, 0.25) is 0 Å². The molecule has 0 fully saturated rings. The van der Waals surface area contributed by atoms with Gasteiger partial charge in [0.1, 0.15) is 0 Å². The fraction of sp³-hybridized carbons (Fsp3) is 0. The molecule has 0 aromatic heterocycles. The van der Waals surface area contributed by atoms with Gasteiger partial charge < -0.3 is 0 Å². The zero-order valence-electron chi connectivity index (χ0n) is 22.0. The van der Waals surface area contributed by atoms with Gasteiger partial charge in [-0.25, -0.2) is 0 Å². The average Bonchev–Trinajstić information content (AvgIpc) is 3.03. The maximum Gasteiger partial charge on any atom is -0.00259 e. The highest BCUT2D eigenvalue weighted by molar-refractivity contribution is 6.22. The van der Waals surface area contributed by atoms with E-state index in [-0.39, 0.29) is 0 Å². The summed E-state index contributed by atoms with van der Waals surface area (Å²) in [6, 6.07) is 57.6. The van der Waals surface area contributed by atoms with Crippen LogP contribution in [0.15, 0.2) is 158 Å². The van der Waals surface area contributed by atoms with Crippen molar-refractivity contribution in [1.29, 1.82) is 0 Å². The topological polar surface area (TPSA) is 0 Å². The van der Waals surface area contributed by atoms with Gasteiger partial charge >= 0.3 is 0 Å². The zero-order chi connectivity index (χ0) is 26.5. The van der Waals surface area contributed by atoms with E-state index in [0.29, 0.717) is 0 Å². The predicted octanol–water partition coefficient (Wildman–Crippen LogP) is 11.3. The summed E-state index contributed by atoms with van der Waals surface area (Å²) in [6.45, 7) is 0. The van der Waals surface area contributed by atoms with Gasteiger partial charge in [-0.15, -0.1) is 0 Å². The molecule has 8 aromatic carbocycles. The lowest BCUT2D eigenvalue weighted by atomic mass is 9.84. The Hall–Kier alpha value is -5.20. The molecule has 186 valence electrons. The van der Waals surface area contributed by atoms with E-state index in [1.807, 2.05) is 0 Å². The van der Waals surface area contributed by atoms with Crippen molar-refractivity contribution in [3.8, 4) is 33.4 Å². The Kier molecular flexibility index (Phi) is 5.24. The van der Waals surface area contributed by atoms with Crippen molar-refractivity contribution in [3.05, 3.63) is 158 Å². The molecule has 0 aliphatic rings. The minimum atomic E-state index is 1.23. The lowest BCUT2D eigenvalue weighted by molar-refractivity contribution is 1.64. The van der Waals surface area contributed by atoms with Crippen LogP contribution in [0, 0.1) is 0 Å². The highest BCUT2D eigenvalue weighted by Crippen LogP contribution is 2.45. The summed E-state index contributed by atoms with van der Waals surface area (Å²) in [5.74, 6) is 0. The van der Waals surface area contributed by atoms with Crippen molar-refractivity contribution in [1.82, 2.24) is 0 Å². The largest absolute Gasteiger partial charge is 0.0622 e. The van der Waals surface area contributed by atoms with E-state index in [2.05, 4.69) is 158 Å². The Labute approximate surface area is 233 Å². The Morgan fingerprint density at radius 3 is 1.27 bits per heavy atom. The minimum absolute atomic E-state index is 1.23. The van der Waals surface area contributed by atoms with E-state index in [1.165, 1.54) is 76.5 Å². The first-order valence-corrected chi connectivity index (χ1v) is 13.9. The van der Waals surface area contributed by atoms with Crippen molar-refractivity contribution < 1.29 is 0 Å².